The zero-order chi connectivity index (χ0) is 11.3. The fraction of sp³-hybridized carbons (Fsp3) is 0.364. The molecule has 1 rings (SSSR count). The molecule has 0 fully saturated rings. The molecule has 0 aliphatic heterocycles. The highest BCUT2D eigenvalue weighted by Gasteiger charge is 2.20. The van der Waals surface area contributed by atoms with E-state index in [1.807, 2.05) is 24.3 Å². The number of benzene rings is 1. The van der Waals surface area contributed by atoms with Crippen molar-refractivity contribution < 1.29 is 9.53 Å². The van der Waals surface area contributed by atoms with Gasteiger partial charge in [0.25, 0.3) is 0 Å². The monoisotopic (exact) mass is 271 g/mol. The van der Waals surface area contributed by atoms with Crippen molar-refractivity contribution >= 4 is 21.9 Å². The molecule has 1 aromatic carbocycles. The summed E-state index contributed by atoms with van der Waals surface area (Å²) in [7, 11) is 1.39. The minimum Gasteiger partial charge on any atom is -0.469 e. The number of hydrogen-bond donors (Lipinski definition) is 1. The summed E-state index contributed by atoms with van der Waals surface area (Å²) in [5.41, 5.74) is 6.41. The van der Waals surface area contributed by atoms with E-state index in [1.54, 1.807) is 0 Å². The van der Waals surface area contributed by atoms with Gasteiger partial charge in [0.15, 0.2) is 0 Å². The quantitative estimate of drug-likeness (QED) is 0.853. The Hall–Kier alpha value is -0.870. The topological polar surface area (TPSA) is 52.3 Å². The van der Waals surface area contributed by atoms with Gasteiger partial charge in [0.05, 0.1) is 13.0 Å². The highest BCUT2D eigenvalue weighted by atomic mass is 79.9. The van der Waals surface area contributed by atoms with Crippen LogP contribution in [0.1, 0.15) is 17.9 Å². The Morgan fingerprint density at radius 1 is 1.60 bits per heavy atom. The summed E-state index contributed by atoms with van der Waals surface area (Å²) in [4.78, 5) is 11.5. The zero-order valence-electron chi connectivity index (χ0n) is 8.57. The van der Waals surface area contributed by atoms with Crippen molar-refractivity contribution in [2.45, 2.75) is 12.3 Å². The van der Waals surface area contributed by atoms with Gasteiger partial charge < -0.3 is 10.5 Å². The van der Waals surface area contributed by atoms with E-state index in [0.29, 0.717) is 13.0 Å². The van der Waals surface area contributed by atoms with Crippen LogP contribution in [0.5, 0.6) is 0 Å². The molecule has 0 aliphatic carbocycles. The molecule has 0 aliphatic rings. The van der Waals surface area contributed by atoms with Crippen molar-refractivity contribution in [3.63, 3.8) is 0 Å². The van der Waals surface area contributed by atoms with Crippen molar-refractivity contribution in [3.8, 4) is 0 Å². The normalized spacial score (nSPS) is 12.2. The zero-order valence-corrected chi connectivity index (χ0v) is 10.2. The summed E-state index contributed by atoms with van der Waals surface area (Å²) < 4.78 is 5.70. The van der Waals surface area contributed by atoms with Crippen molar-refractivity contribution in [3.05, 3.63) is 34.3 Å². The Labute approximate surface area is 97.7 Å². The number of rotatable bonds is 4. The fourth-order valence-electron chi connectivity index (χ4n) is 1.45. The third-order valence-corrected chi connectivity index (χ3v) is 2.69. The Morgan fingerprint density at radius 3 is 2.87 bits per heavy atom. The lowest BCUT2D eigenvalue weighted by atomic mass is 9.96. The van der Waals surface area contributed by atoms with Gasteiger partial charge in [-0.3, -0.25) is 4.79 Å². The van der Waals surface area contributed by atoms with Crippen molar-refractivity contribution in [1.82, 2.24) is 0 Å². The molecule has 3 nitrogen and oxygen atoms in total. The summed E-state index contributed by atoms with van der Waals surface area (Å²) in [6.07, 6.45) is 0.600. The lowest BCUT2D eigenvalue weighted by Gasteiger charge is -2.14. The van der Waals surface area contributed by atoms with Gasteiger partial charge in [-0.1, -0.05) is 28.1 Å². The number of ether oxygens (including phenoxy) is 1. The molecule has 0 amide bonds. The van der Waals surface area contributed by atoms with Gasteiger partial charge in [0, 0.05) is 4.47 Å². The van der Waals surface area contributed by atoms with E-state index in [1.165, 1.54) is 7.11 Å². The minimum atomic E-state index is -0.266. The molecule has 0 spiro atoms. The lowest BCUT2D eigenvalue weighted by Crippen LogP contribution is -2.18. The molecule has 82 valence electrons. The second kappa shape index (κ2) is 5.88. The highest BCUT2D eigenvalue weighted by Crippen LogP contribution is 2.23. The molecular weight excluding hydrogens is 258 g/mol. The summed E-state index contributed by atoms with van der Waals surface area (Å²) in [5.74, 6) is -0.504. The van der Waals surface area contributed by atoms with Crippen LogP contribution < -0.4 is 5.73 Å². The van der Waals surface area contributed by atoms with Crippen molar-refractivity contribution in [2.24, 2.45) is 5.73 Å². The number of halogens is 1. The van der Waals surface area contributed by atoms with Gasteiger partial charge in [-0.2, -0.15) is 0 Å². The molecule has 1 aromatic rings. The SMILES string of the molecule is COC(=O)C(CCN)c1cccc(Br)c1. The molecule has 1 atom stereocenters. The Morgan fingerprint density at radius 2 is 2.33 bits per heavy atom. The van der Waals surface area contributed by atoms with Gasteiger partial charge in [0.1, 0.15) is 0 Å². The standard InChI is InChI=1S/C11H14BrNO2/c1-15-11(14)10(5-6-13)8-3-2-4-9(12)7-8/h2-4,7,10H,5-6,13H2,1H3. The van der Waals surface area contributed by atoms with E-state index >= 15 is 0 Å². The third-order valence-electron chi connectivity index (χ3n) is 2.19. The van der Waals surface area contributed by atoms with Gasteiger partial charge >= 0.3 is 5.97 Å². The van der Waals surface area contributed by atoms with Gasteiger partial charge in [-0.25, -0.2) is 0 Å². The molecule has 2 N–H and O–H groups in total. The first-order valence-electron chi connectivity index (χ1n) is 4.72. The average Bonchev–Trinajstić information content (AvgIpc) is 2.25. The van der Waals surface area contributed by atoms with Crippen LogP contribution in [-0.4, -0.2) is 19.6 Å². The first-order valence-corrected chi connectivity index (χ1v) is 5.51. The molecule has 0 saturated carbocycles. The fourth-order valence-corrected chi connectivity index (χ4v) is 1.87. The van der Waals surface area contributed by atoms with Crippen molar-refractivity contribution in [1.29, 1.82) is 0 Å². The molecule has 4 heteroatoms. The number of nitrogens with two attached hydrogens (primary N) is 1. The van der Waals surface area contributed by atoms with Crippen LogP contribution in [0.25, 0.3) is 0 Å². The first-order chi connectivity index (χ1) is 7.19. The van der Waals surface area contributed by atoms with Crippen LogP contribution in [0.15, 0.2) is 28.7 Å². The van der Waals surface area contributed by atoms with Crippen LogP contribution in [0.2, 0.25) is 0 Å². The predicted octanol–water partition coefficient (Wildman–Crippen LogP) is 2.05. The van der Waals surface area contributed by atoms with E-state index < -0.39 is 0 Å². The number of carbonyl (C=O) groups excluding carboxylic acids is 1. The maximum atomic E-state index is 11.5. The molecule has 0 radical (unpaired) electrons. The molecule has 0 saturated heterocycles. The summed E-state index contributed by atoms with van der Waals surface area (Å²) >= 11 is 3.37. The summed E-state index contributed by atoms with van der Waals surface area (Å²) in [5, 5.41) is 0. The Balaban J connectivity index is 2.93. The first kappa shape index (κ1) is 12.2. The van der Waals surface area contributed by atoms with Crippen LogP contribution in [0.4, 0.5) is 0 Å². The minimum absolute atomic E-state index is 0.237. The van der Waals surface area contributed by atoms with Crippen LogP contribution >= 0.6 is 15.9 Å². The molecule has 15 heavy (non-hydrogen) atoms. The van der Waals surface area contributed by atoms with E-state index in [2.05, 4.69) is 15.9 Å². The lowest BCUT2D eigenvalue weighted by molar-refractivity contribution is -0.142. The molecule has 0 heterocycles. The van der Waals surface area contributed by atoms with Crippen molar-refractivity contribution in [2.75, 3.05) is 13.7 Å². The smallest absolute Gasteiger partial charge is 0.313 e. The third kappa shape index (κ3) is 3.32. The summed E-state index contributed by atoms with van der Waals surface area (Å²) in [6.45, 7) is 0.465. The van der Waals surface area contributed by atoms with Crippen LogP contribution in [0.3, 0.4) is 0 Å². The molecule has 1 unspecified atom stereocenters. The van der Waals surface area contributed by atoms with Crippen LogP contribution in [-0.2, 0) is 9.53 Å². The number of methoxy groups -OCH3 is 1. The van der Waals surface area contributed by atoms with Gasteiger partial charge in [-0.05, 0) is 30.7 Å². The van der Waals surface area contributed by atoms with Gasteiger partial charge in [-0.15, -0.1) is 0 Å². The van der Waals surface area contributed by atoms with E-state index in [-0.39, 0.29) is 11.9 Å². The Kier molecular flexibility index (Phi) is 4.78. The largest absolute Gasteiger partial charge is 0.469 e. The van der Waals surface area contributed by atoms with E-state index in [9.17, 15) is 4.79 Å². The molecule has 0 aromatic heterocycles. The second-order valence-electron chi connectivity index (χ2n) is 3.21. The van der Waals surface area contributed by atoms with E-state index in [4.69, 9.17) is 10.5 Å². The Bertz CT molecular complexity index is 341. The van der Waals surface area contributed by atoms with Gasteiger partial charge in [0.2, 0.25) is 0 Å². The maximum absolute atomic E-state index is 11.5. The maximum Gasteiger partial charge on any atom is 0.313 e. The number of esters is 1. The second-order valence-corrected chi connectivity index (χ2v) is 4.12. The van der Waals surface area contributed by atoms with E-state index in [0.717, 1.165) is 10.0 Å². The average molecular weight is 272 g/mol. The number of hydrogen-bond acceptors (Lipinski definition) is 3. The molecule has 0 bridgehead atoms. The number of carbonyl (C=O) groups is 1. The predicted molar refractivity (Wildman–Crippen MR) is 62.6 cm³/mol. The summed E-state index contributed by atoms with van der Waals surface area (Å²) in [6, 6.07) is 7.63. The molecular formula is C11H14BrNO2. The van der Waals surface area contributed by atoms with Crippen LogP contribution in [0, 0.1) is 0 Å². The highest BCUT2D eigenvalue weighted by molar-refractivity contribution is 9.10.